The van der Waals surface area contributed by atoms with E-state index in [-0.39, 0.29) is 21.4 Å². The lowest BCUT2D eigenvalue weighted by molar-refractivity contribution is -0.383. The standard InChI is InChI=1S/C10H10N4O4S2/c1-6-5-19-10(12-6)13-20(17,18)7-2-3-9(14(15)16)8(11)4-7/h2-5H,11H2,1H3,(H,12,13). The van der Waals surface area contributed by atoms with Crippen molar-refractivity contribution in [3.63, 3.8) is 0 Å². The first kappa shape index (κ1) is 14.2. The SMILES string of the molecule is Cc1csc(NS(=O)(=O)c2ccc([N+](=O)[O-])c(N)c2)n1. The minimum Gasteiger partial charge on any atom is -0.393 e. The van der Waals surface area contributed by atoms with E-state index in [0.717, 1.165) is 29.5 Å². The van der Waals surface area contributed by atoms with Crippen molar-refractivity contribution < 1.29 is 13.3 Å². The minimum atomic E-state index is -3.87. The third kappa shape index (κ3) is 2.86. The van der Waals surface area contributed by atoms with Gasteiger partial charge >= 0.3 is 0 Å². The number of rotatable bonds is 4. The van der Waals surface area contributed by atoms with Gasteiger partial charge in [0, 0.05) is 11.4 Å². The van der Waals surface area contributed by atoms with Gasteiger partial charge in [-0.25, -0.2) is 13.4 Å². The summed E-state index contributed by atoms with van der Waals surface area (Å²) < 4.78 is 26.4. The van der Waals surface area contributed by atoms with Crippen molar-refractivity contribution in [2.24, 2.45) is 0 Å². The molecule has 2 aromatic rings. The molecule has 106 valence electrons. The Labute approximate surface area is 118 Å². The molecule has 8 nitrogen and oxygen atoms in total. The number of benzene rings is 1. The van der Waals surface area contributed by atoms with Crippen molar-refractivity contribution in [2.45, 2.75) is 11.8 Å². The Kier molecular flexibility index (Phi) is 3.59. The van der Waals surface area contributed by atoms with Gasteiger partial charge in [-0.15, -0.1) is 11.3 Å². The first-order valence-electron chi connectivity index (χ1n) is 5.28. The van der Waals surface area contributed by atoms with Gasteiger partial charge in [0.15, 0.2) is 5.13 Å². The summed E-state index contributed by atoms with van der Waals surface area (Å²) in [5, 5.41) is 12.5. The number of aryl methyl sites for hydroxylation is 1. The molecule has 2 rings (SSSR count). The zero-order valence-electron chi connectivity index (χ0n) is 10.2. The smallest absolute Gasteiger partial charge is 0.292 e. The van der Waals surface area contributed by atoms with Crippen LogP contribution in [0, 0.1) is 17.0 Å². The van der Waals surface area contributed by atoms with Gasteiger partial charge in [0.05, 0.1) is 15.5 Å². The zero-order valence-corrected chi connectivity index (χ0v) is 11.9. The Morgan fingerprint density at radius 1 is 1.45 bits per heavy atom. The van der Waals surface area contributed by atoms with Gasteiger partial charge in [-0.2, -0.15) is 0 Å². The largest absolute Gasteiger partial charge is 0.393 e. The molecule has 0 amide bonds. The molecule has 0 saturated heterocycles. The van der Waals surface area contributed by atoms with Crippen molar-refractivity contribution in [1.29, 1.82) is 0 Å². The lowest BCUT2D eigenvalue weighted by Crippen LogP contribution is -2.13. The first-order chi connectivity index (χ1) is 9.29. The Hall–Kier alpha value is -2.20. The Balaban J connectivity index is 2.35. The number of nitrogens with zero attached hydrogens (tertiary/aromatic N) is 2. The average molecular weight is 314 g/mol. The monoisotopic (exact) mass is 314 g/mol. The highest BCUT2D eigenvalue weighted by atomic mass is 32.2. The number of sulfonamides is 1. The van der Waals surface area contributed by atoms with E-state index in [1.54, 1.807) is 12.3 Å². The second-order valence-corrected chi connectivity index (χ2v) is 6.42. The van der Waals surface area contributed by atoms with E-state index in [9.17, 15) is 18.5 Å². The predicted molar refractivity (Wildman–Crippen MR) is 75.2 cm³/mol. The molecule has 0 fully saturated rings. The van der Waals surface area contributed by atoms with Gasteiger partial charge in [-0.05, 0) is 19.1 Å². The predicted octanol–water partition coefficient (Wildman–Crippen LogP) is 1.74. The molecular formula is C10H10N4O4S2. The van der Waals surface area contributed by atoms with Crippen molar-refractivity contribution in [2.75, 3.05) is 10.5 Å². The van der Waals surface area contributed by atoms with Crippen LogP contribution in [0.4, 0.5) is 16.5 Å². The van der Waals surface area contributed by atoms with Crippen LogP contribution in [0.5, 0.6) is 0 Å². The second kappa shape index (κ2) is 5.06. The molecule has 10 heteroatoms. The van der Waals surface area contributed by atoms with Gasteiger partial charge < -0.3 is 5.73 Å². The molecule has 1 aromatic carbocycles. The highest BCUT2D eigenvalue weighted by Gasteiger charge is 2.20. The normalized spacial score (nSPS) is 11.2. The van der Waals surface area contributed by atoms with Crippen molar-refractivity contribution in [3.8, 4) is 0 Å². The van der Waals surface area contributed by atoms with Gasteiger partial charge in [0.1, 0.15) is 5.69 Å². The van der Waals surface area contributed by atoms with Crippen molar-refractivity contribution in [1.82, 2.24) is 4.98 Å². The quantitative estimate of drug-likeness (QED) is 0.502. The molecule has 0 aliphatic rings. The van der Waals surface area contributed by atoms with Crippen LogP contribution >= 0.6 is 11.3 Å². The summed E-state index contributed by atoms with van der Waals surface area (Å²) in [5.41, 5.74) is 5.61. The lowest BCUT2D eigenvalue weighted by atomic mass is 10.3. The fourth-order valence-corrected chi connectivity index (χ4v) is 3.42. The topological polar surface area (TPSA) is 128 Å². The highest BCUT2D eigenvalue weighted by Crippen LogP contribution is 2.26. The molecule has 3 N–H and O–H groups in total. The lowest BCUT2D eigenvalue weighted by Gasteiger charge is -2.06. The Morgan fingerprint density at radius 2 is 2.15 bits per heavy atom. The Morgan fingerprint density at radius 3 is 2.65 bits per heavy atom. The van der Waals surface area contributed by atoms with Crippen LogP contribution in [0.2, 0.25) is 0 Å². The van der Waals surface area contributed by atoms with Gasteiger partial charge in [-0.3, -0.25) is 14.8 Å². The van der Waals surface area contributed by atoms with Gasteiger partial charge in [-0.1, -0.05) is 0 Å². The third-order valence-corrected chi connectivity index (χ3v) is 4.69. The third-order valence-electron chi connectivity index (χ3n) is 2.35. The first-order valence-corrected chi connectivity index (χ1v) is 7.65. The number of aromatic nitrogens is 1. The number of hydrogen-bond donors (Lipinski definition) is 2. The van der Waals surface area contributed by atoms with E-state index in [1.807, 2.05) is 0 Å². The fourth-order valence-electron chi connectivity index (χ4n) is 1.44. The summed E-state index contributed by atoms with van der Waals surface area (Å²) in [7, 11) is -3.87. The summed E-state index contributed by atoms with van der Waals surface area (Å²) >= 11 is 1.14. The summed E-state index contributed by atoms with van der Waals surface area (Å²) in [4.78, 5) is 13.8. The van der Waals surface area contributed by atoms with Crippen LogP contribution in [-0.4, -0.2) is 18.3 Å². The molecule has 1 heterocycles. The highest BCUT2D eigenvalue weighted by molar-refractivity contribution is 7.93. The molecule has 0 aliphatic carbocycles. The zero-order chi connectivity index (χ0) is 14.9. The molecule has 0 saturated carbocycles. The number of thiazole rings is 1. The van der Waals surface area contributed by atoms with Gasteiger partial charge in [0.25, 0.3) is 15.7 Å². The number of nitro groups is 1. The maximum atomic E-state index is 12.1. The maximum absolute atomic E-state index is 12.1. The van der Waals surface area contributed by atoms with E-state index >= 15 is 0 Å². The van der Waals surface area contributed by atoms with Crippen LogP contribution in [0.3, 0.4) is 0 Å². The van der Waals surface area contributed by atoms with Crippen molar-refractivity contribution in [3.05, 3.63) is 39.4 Å². The van der Waals surface area contributed by atoms with E-state index in [4.69, 9.17) is 5.73 Å². The Bertz CT molecular complexity index is 769. The number of nitrogens with one attached hydrogen (secondary N) is 1. The van der Waals surface area contributed by atoms with Crippen LogP contribution in [-0.2, 0) is 10.0 Å². The van der Waals surface area contributed by atoms with Crippen molar-refractivity contribution >= 4 is 37.9 Å². The summed E-state index contributed by atoms with van der Waals surface area (Å²) in [5.74, 6) is 0. The van der Waals surface area contributed by atoms with E-state index in [2.05, 4.69) is 9.71 Å². The van der Waals surface area contributed by atoms with Crippen LogP contribution in [0.15, 0.2) is 28.5 Å². The summed E-state index contributed by atoms with van der Waals surface area (Å²) in [6, 6.07) is 3.22. The fraction of sp³-hybridized carbons (Fsp3) is 0.100. The summed E-state index contributed by atoms with van der Waals surface area (Å²) in [6.07, 6.45) is 0. The molecule has 0 radical (unpaired) electrons. The molecular weight excluding hydrogens is 304 g/mol. The molecule has 20 heavy (non-hydrogen) atoms. The van der Waals surface area contributed by atoms with Crippen LogP contribution < -0.4 is 10.5 Å². The molecule has 0 spiro atoms. The minimum absolute atomic E-state index is 0.159. The number of hydrogen-bond acceptors (Lipinski definition) is 7. The van der Waals surface area contributed by atoms with E-state index in [1.165, 1.54) is 0 Å². The summed E-state index contributed by atoms with van der Waals surface area (Å²) in [6.45, 7) is 1.73. The number of nitro benzene ring substituents is 1. The number of nitrogens with two attached hydrogens (primary N) is 1. The molecule has 0 aliphatic heterocycles. The number of nitrogen functional groups attached to an aromatic ring is 1. The van der Waals surface area contributed by atoms with E-state index in [0.29, 0.717) is 5.69 Å². The van der Waals surface area contributed by atoms with Crippen LogP contribution in [0.25, 0.3) is 0 Å². The van der Waals surface area contributed by atoms with Crippen LogP contribution in [0.1, 0.15) is 5.69 Å². The molecule has 0 bridgehead atoms. The molecule has 1 aromatic heterocycles. The second-order valence-electron chi connectivity index (χ2n) is 3.88. The molecule has 0 atom stereocenters. The molecule has 0 unspecified atom stereocenters. The van der Waals surface area contributed by atoms with Gasteiger partial charge in [0.2, 0.25) is 0 Å². The average Bonchev–Trinajstić information content (AvgIpc) is 2.73. The van der Waals surface area contributed by atoms with E-state index < -0.39 is 14.9 Å². The number of anilines is 2. The maximum Gasteiger partial charge on any atom is 0.292 e.